The molecule has 5 aromatic carbocycles. The SMILES string of the molecule is NCCc1cc(S(=O)(=O)O)cc2c(S(=O)(=O)O)c(N=Nc3c(S(=O)(=O)O)cc4cc(S(=O)(=O)O)c(N=Nc5ccccc5S(=O)(=O)O)c(N)c4c3O)ccc12. The fourth-order valence-corrected chi connectivity index (χ4v) is 8.71. The first kappa shape index (κ1) is 41.1. The van der Waals surface area contributed by atoms with Crippen molar-refractivity contribution in [2.24, 2.45) is 26.2 Å². The second-order valence-corrected chi connectivity index (χ2v) is 18.1. The molecular formula is C28H24N6O16S5. The Morgan fingerprint density at radius 2 is 1.11 bits per heavy atom. The number of phenols is 1. The molecule has 0 saturated heterocycles. The van der Waals surface area contributed by atoms with Crippen molar-refractivity contribution < 1.29 is 70.0 Å². The lowest BCUT2D eigenvalue weighted by Gasteiger charge is -2.14. The van der Waals surface area contributed by atoms with E-state index in [4.69, 9.17) is 11.5 Å². The van der Waals surface area contributed by atoms with E-state index in [1.807, 2.05) is 0 Å². The van der Waals surface area contributed by atoms with E-state index < -0.39 is 125 Å². The van der Waals surface area contributed by atoms with Crippen LogP contribution in [0.1, 0.15) is 5.56 Å². The van der Waals surface area contributed by atoms with Crippen LogP contribution < -0.4 is 11.5 Å². The van der Waals surface area contributed by atoms with Crippen LogP contribution in [0, 0.1) is 0 Å². The molecule has 0 unspecified atom stereocenters. The van der Waals surface area contributed by atoms with E-state index in [1.54, 1.807) is 0 Å². The molecule has 0 aliphatic rings. The molecule has 0 bridgehead atoms. The van der Waals surface area contributed by atoms with Crippen LogP contribution >= 0.6 is 0 Å². The third kappa shape index (κ3) is 8.30. The molecule has 292 valence electrons. The molecule has 0 radical (unpaired) electrons. The molecule has 0 aromatic heterocycles. The summed E-state index contributed by atoms with van der Waals surface area (Å²) >= 11 is 0. The number of aromatic hydroxyl groups is 1. The van der Waals surface area contributed by atoms with Gasteiger partial charge >= 0.3 is 0 Å². The van der Waals surface area contributed by atoms with E-state index in [-0.39, 0.29) is 23.9 Å². The molecule has 22 nitrogen and oxygen atoms in total. The van der Waals surface area contributed by atoms with Crippen LogP contribution in [0.25, 0.3) is 21.5 Å². The van der Waals surface area contributed by atoms with Crippen LogP contribution in [0.3, 0.4) is 0 Å². The number of benzene rings is 5. The van der Waals surface area contributed by atoms with Gasteiger partial charge in [-0.3, -0.25) is 22.8 Å². The van der Waals surface area contributed by atoms with Gasteiger partial charge in [0.25, 0.3) is 50.6 Å². The standard InChI is InChI=1S/C28H24N6O16S5/c29-8-7-13-9-15(51(36,37)38)12-17-16(13)5-6-19(28(17)55(48,49)50)32-34-26-22(54(45,46)47)11-14-10-21(53(42,43)44)25(24(30)23(14)27(26)35)33-31-18-3-1-2-4-20(18)52(39,40)41/h1-6,9-12,35H,7-8,29-30H2,(H,36,37,38)(H,39,40,41)(H,42,43,44)(H,45,46,47)(H,48,49,50). The van der Waals surface area contributed by atoms with Crippen molar-refractivity contribution in [3.05, 3.63) is 66.2 Å². The molecule has 0 aliphatic carbocycles. The maximum Gasteiger partial charge on any atom is 0.297 e. The number of nitrogen functional groups attached to an aromatic ring is 1. The second-order valence-electron chi connectivity index (χ2n) is 11.2. The first-order valence-electron chi connectivity index (χ1n) is 14.5. The zero-order valence-corrected chi connectivity index (χ0v) is 31.0. The van der Waals surface area contributed by atoms with Crippen molar-refractivity contribution in [2.75, 3.05) is 12.3 Å². The van der Waals surface area contributed by atoms with Gasteiger partial charge in [0.1, 0.15) is 42.3 Å². The summed E-state index contributed by atoms with van der Waals surface area (Å²) in [6, 6.07) is 9.25. The number of hydrogen-bond donors (Lipinski definition) is 8. The number of nitrogens with two attached hydrogens (primary N) is 2. The summed E-state index contributed by atoms with van der Waals surface area (Å²) in [6.07, 6.45) is -0.0519. The fourth-order valence-electron chi connectivity index (χ4n) is 5.38. The highest BCUT2D eigenvalue weighted by atomic mass is 32.2. The average molecular weight is 861 g/mol. The number of anilines is 1. The van der Waals surface area contributed by atoms with E-state index in [2.05, 4.69) is 20.5 Å². The normalized spacial score (nSPS) is 13.4. The quantitative estimate of drug-likeness (QED) is 0.0531. The summed E-state index contributed by atoms with van der Waals surface area (Å²) in [5, 5.41) is 23.9. The minimum atomic E-state index is -5.46. The topological polar surface area (TPSA) is 394 Å². The molecular weight excluding hydrogens is 837 g/mol. The lowest BCUT2D eigenvalue weighted by Crippen LogP contribution is -2.07. The van der Waals surface area contributed by atoms with Crippen molar-refractivity contribution in [3.8, 4) is 5.75 Å². The maximum atomic E-state index is 12.7. The summed E-state index contributed by atoms with van der Waals surface area (Å²) < 4.78 is 172. The molecule has 0 spiro atoms. The molecule has 0 atom stereocenters. The predicted octanol–water partition coefficient (Wildman–Crippen LogP) is 3.85. The summed E-state index contributed by atoms with van der Waals surface area (Å²) in [4.78, 5) is -5.19. The van der Waals surface area contributed by atoms with Gasteiger partial charge in [-0.25, -0.2) is 0 Å². The van der Waals surface area contributed by atoms with Crippen molar-refractivity contribution in [3.63, 3.8) is 0 Å². The Morgan fingerprint density at radius 1 is 0.564 bits per heavy atom. The number of phenolic OH excluding ortho intramolecular Hbond substituents is 1. The van der Waals surface area contributed by atoms with Crippen molar-refractivity contribution in [2.45, 2.75) is 30.9 Å². The summed E-state index contributed by atoms with van der Waals surface area (Å²) in [5.74, 6) is -1.30. The molecule has 0 heterocycles. The van der Waals surface area contributed by atoms with Crippen molar-refractivity contribution in [1.82, 2.24) is 0 Å². The zero-order chi connectivity index (χ0) is 41.1. The van der Waals surface area contributed by atoms with Gasteiger partial charge in [0, 0.05) is 5.39 Å². The van der Waals surface area contributed by atoms with Gasteiger partial charge < -0.3 is 16.6 Å². The van der Waals surface area contributed by atoms with Crippen LogP contribution in [-0.2, 0) is 57.0 Å². The number of fused-ring (bicyclic) bond motifs is 2. The van der Waals surface area contributed by atoms with Gasteiger partial charge in [0.2, 0.25) is 0 Å². The smallest absolute Gasteiger partial charge is 0.297 e. The van der Waals surface area contributed by atoms with E-state index >= 15 is 0 Å². The van der Waals surface area contributed by atoms with Gasteiger partial charge in [-0.2, -0.15) is 42.1 Å². The van der Waals surface area contributed by atoms with Crippen LogP contribution in [0.2, 0.25) is 0 Å². The number of rotatable bonds is 11. The monoisotopic (exact) mass is 860 g/mol. The second kappa shape index (κ2) is 14.2. The van der Waals surface area contributed by atoms with Crippen LogP contribution in [0.15, 0.2) is 106 Å². The summed E-state index contributed by atoms with van der Waals surface area (Å²) in [6.45, 7) is -0.0812. The maximum absolute atomic E-state index is 12.7. The first-order chi connectivity index (χ1) is 25.2. The number of azo groups is 2. The first-order valence-corrected chi connectivity index (χ1v) is 21.7. The molecule has 0 fully saturated rings. The van der Waals surface area contributed by atoms with Gasteiger partial charge in [-0.05, 0) is 71.8 Å². The molecule has 27 heteroatoms. The molecule has 10 N–H and O–H groups in total. The third-order valence-corrected chi connectivity index (χ3v) is 12.0. The number of hydrogen-bond acceptors (Lipinski definition) is 17. The highest BCUT2D eigenvalue weighted by Gasteiger charge is 2.29. The highest BCUT2D eigenvalue weighted by molar-refractivity contribution is 7.87. The van der Waals surface area contributed by atoms with Crippen molar-refractivity contribution in [1.29, 1.82) is 0 Å². The van der Waals surface area contributed by atoms with E-state index in [0.29, 0.717) is 18.2 Å². The molecule has 5 rings (SSSR count). The lowest BCUT2D eigenvalue weighted by molar-refractivity contribution is 0.472. The third-order valence-electron chi connectivity index (χ3n) is 7.62. The molecule has 5 aromatic rings. The van der Waals surface area contributed by atoms with Gasteiger partial charge in [-0.1, -0.05) is 18.2 Å². The summed E-state index contributed by atoms with van der Waals surface area (Å²) in [5.41, 5.74) is 7.43. The van der Waals surface area contributed by atoms with E-state index in [9.17, 15) is 70.0 Å². The minimum Gasteiger partial charge on any atom is -0.505 e. The Kier molecular flexibility index (Phi) is 10.6. The largest absolute Gasteiger partial charge is 0.505 e. The zero-order valence-electron chi connectivity index (χ0n) is 26.9. The Balaban J connectivity index is 1.84. The Bertz CT molecular complexity index is 3100. The van der Waals surface area contributed by atoms with Crippen LogP contribution in [0.4, 0.5) is 28.4 Å². The highest BCUT2D eigenvalue weighted by Crippen LogP contribution is 2.49. The molecule has 0 saturated carbocycles. The molecule has 55 heavy (non-hydrogen) atoms. The summed E-state index contributed by atoms with van der Waals surface area (Å²) in [7, 11) is -26.1. The fraction of sp³-hybridized carbons (Fsp3) is 0.0714. The molecule has 0 aliphatic heterocycles. The lowest BCUT2D eigenvalue weighted by atomic mass is 10.0. The molecule has 0 amide bonds. The predicted molar refractivity (Wildman–Crippen MR) is 191 cm³/mol. The van der Waals surface area contributed by atoms with Crippen LogP contribution in [0.5, 0.6) is 5.75 Å². The minimum absolute atomic E-state index is 0.0138. The Hall–Kier alpha value is -5.07. The van der Waals surface area contributed by atoms with Crippen molar-refractivity contribution >= 4 is 101 Å². The Morgan fingerprint density at radius 3 is 1.65 bits per heavy atom. The van der Waals surface area contributed by atoms with E-state index in [1.165, 1.54) is 18.2 Å². The van der Waals surface area contributed by atoms with Gasteiger partial charge in [-0.15, -0.1) is 20.5 Å². The average Bonchev–Trinajstić information content (AvgIpc) is 3.04. The van der Waals surface area contributed by atoms with Gasteiger partial charge in [0.15, 0.2) is 5.75 Å². The van der Waals surface area contributed by atoms with E-state index in [0.717, 1.165) is 24.3 Å². The Labute approximate surface area is 310 Å². The number of nitrogens with zero attached hydrogens (tertiary/aromatic N) is 4. The van der Waals surface area contributed by atoms with Gasteiger partial charge in [0.05, 0.1) is 16.0 Å². The van der Waals surface area contributed by atoms with Crippen LogP contribution in [-0.4, -0.2) is 76.5 Å².